The van der Waals surface area contributed by atoms with E-state index in [0.29, 0.717) is 10.7 Å². The van der Waals surface area contributed by atoms with Crippen LogP contribution in [0.1, 0.15) is 10.4 Å². The number of carbonyl (C=O) groups is 1. The van der Waals surface area contributed by atoms with Gasteiger partial charge in [0.1, 0.15) is 5.15 Å². The highest BCUT2D eigenvalue weighted by molar-refractivity contribution is 7.99. The third-order valence-electron chi connectivity index (χ3n) is 2.48. The van der Waals surface area contributed by atoms with Crippen LogP contribution in [0.3, 0.4) is 0 Å². The van der Waals surface area contributed by atoms with Crippen molar-refractivity contribution in [2.75, 3.05) is 11.1 Å². The number of carbonyl (C=O) groups excluding carboxylic acids is 1. The van der Waals surface area contributed by atoms with Crippen LogP contribution in [0.15, 0.2) is 60.1 Å². The second-order valence-electron chi connectivity index (χ2n) is 3.92. The number of hydrogen-bond donors (Lipinski definition) is 1. The van der Waals surface area contributed by atoms with Crippen LogP contribution in [0.25, 0.3) is 0 Å². The van der Waals surface area contributed by atoms with Crippen LogP contribution >= 0.6 is 23.4 Å². The van der Waals surface area contributed by atoms with E-state index in [1.807, 2.05) is 30.3 Å². The molecule has 3 nitrogen and oxygen atoms in total. The molecule has 0 aliphatic rings. The van der Waals surface area contributed by atoms with Gasteiger partial charge in [0.15, 0.2) is 0 Å². The van der Waals surface area contributed by atoms with Gasteiger partial charge in [0.25, 0.3) is 5.91 Å². The summed E-state index contributed by atoms with van der Waals surface area (Å²) in [4.78, 5) is 17.0. The number of para-hydroxylation sites is 1. The van der Waals surface area contributed by atoms with Crippen molar-refractivity contribution in [2.45, 2.75) is 4.90 Å². The number of thioether (sulfide) groups is 1. The normalized spacial score (nSPS) is 10.1. The maximum absolute atomic E-state index is 12.2. The van der Waals surface area contributed by atoms with Gasteiger partial charge in [-0.3, -0.25) is 4.79 Å². The highest BCUT2D eigenvalue weighted by Crippen LogP contribution is 2.27. The molecule has 0 saturated carbocycles. The molecule has 20 heavy (non-hydrogen) atoms. The number of amides is 1. The Kier molecular flexibility index (Phi) is 5.21. The second-order valence-corrected chi connectivity index (χ2v) is 5.37. The fourth-order valence-corrected chi connectivity index (χ4v) is 2.50. The van der Waals surface area contributed by atoms with E-state index in [1.54, 1.807) is 17.8 Å². The molecule has 1 N–H and O–H groups in total. The minimum absolute atomic E-state index is 0.207. The molecular formula is C15H13ClN2OS. The Hall–Kier alpha value is -1.78. The Labute approximate surface area is 127 Å². The molecule has 0 bridgehead atoms. The average Bonchev–Trinajstić information content (AvgIpc) is 2.46. The Balaban J connectivity index is 2.17. The summed E-state index contributed by atoms with van der Waals surface area (Å²) in [7, 11) is 0. The first-order valence-corrected chi connectivity index (χ1v) is 7.32. The molecule has 0 saturated heterocycles. The van der Waals surface area contributed by atoms with E-state index in [4.69, 9.17) is 11.6 Å². The topological polar surface area (TPSA) is 42.0 Å². The predicted molar refractivity (Wildman–Crippen MR) is 84.6 cm³/mol. The van der Waals surface area contributed by atoms with Crippen molar-refractivity contribution in [3.8, 4) is 0 Å². The molecule has 0 aliphatic carbocycles. The largest absolute Gasteiger partial charge is 0.321 e. The van der Waals surface area contributed by atoms with Gasteiger partial charge in [-0.15, -0.1) is 18.3 Å². The van der Waals surface area contributed by atoms with Crippen LogP contribution in [-0.4, -0.2) is 16.6 Å². The van der Waals surface area contributed by atoms with Gasteiger partial charge in [-0.1, -0.05) is 29.8 Å². The lowest BCUT2D eigenvalue weighted by Gasteiger charge is -2.10. The molecule has 1 heterocycles. The molecule has 0 radical (unpaired) electrons. The van der Waals surface area contributed by atoms with Gasteiger partial charge in [0.2, 0.25) is 0 Å². The van der Waals surface area contributed by atoms with Gasteiger partial charge >= 0.3 is 0 Å². The first-order valence-electron chi connectivity index (χ1n) is 5.96. The van der Waals surface area contributed by atoms with E-state index in [1.165, 1.54) is 12.3 Å². The summed E-state index contributed by atoms with van der Waals surface area (Å²) < 4.78 is 0. The second kappa shape index (κ2) is 7.12. The van der Waals surface area contributed by atoms with Crippen molar-refractivity contribution in [1.29, 1.82) is 0 Å². The average molecular weight is 305 g/mol. The molecule has 0 unspecified atom stereocenters. The quantitative estimate of drug-likeness (QED) is 0.510. The Morgan fingerprint density at radius 1 is 1.40 bits per heavy atom. The van der Waals surface area contributed by atoms with Crippen molar-refractivity contribution < 1.29 is 4.79 Å². The predicted octanol–water partition coefficient (Wildman–Crippen LogP) is 4.27. The SMILES string of the molecule is C=CCSc1ccccc1NC(=O)c1ccnc(Cl)c1. The van der Waals surface area contributed by atoms with Crippen molar-refractivity contribution in [2.24, 2.45) is 0 Å². The summed E-state index contributed by atoms with van der Waals surface area (Å²) in [6.45, 7) is 3.69. The van der Waals surface area contributed by atoms with E-state index >= 15 is 0 Å². The zero-order valence-corrected chi connectivity index (χ0v) is 12.2. The Morgan fingerprint density at radius 2 is 2.20 bits per heavy atom. The number of nitrogens with zero attached hydrogens (tertiary/aromatic N) is 1. The van der Waals surface area contributed by atoms with Crippen molar-refractivity contribution in [3.63, 3.8) is 0 Å². The number of benzene rings is 1. The first-order chi connectivity index (χ1) is 9.70. The molecule has 1 amide bonds. The van der Waals surface area contributed by atoms with Crippen LogP contribution in [0.5, 0.6) is 0 Å². The molecule has 1 aromatic heterocycles. The van der Waals surface area contributed by atoms with Gasteiger partial charge in [-0.2, -0.15) is 0 Å². The third kappa shape index (κ3) is 3.85. The van der Waals surface area contributed by atoms with Crippen LogP contribution in [0.2, 0.25) is 5.15 Å². The number of anilines is 1. The van der Waals surface area contributed by atoms with Crippen LogP contribution in [0.4, 0.5) is 5.69 Å². The van der Waals surface area contributed by atoms with E-state index in [2.05, 4.69) is 16.9 Å². The molecule has 0 atom stereocenters. The van der Waals surface area contributed by atoms with Crippen LogP contribution < -0.4 is 5.32 Å². The Morgan fingerprint density at radius 3 is 2.95 bits per heavy atom. The van der Waals surface area contributed by atoms with Gasteiger partial charge in [0, 0.05) is 22.4 Å². The molecule has 0 spiro atoms. The lowest BCUT2D eigenvalue weighted by molar-refractivity contribution is 0.102. The highest BCUT2D eigenvalue weighted by atomic mass is 35.5. The molecule has 5 heteroatoms. The van der Waals surface area contributed by atoms with Gasteiger partial charge in [-0.25, -0.2) is 4.98 Å². The van der Waals surface area contributed by atoms with Gasteiger partial charge < -0.3 is 5.32 Å². The number of hydrogen-bond acceptors (Lipinski definition) is 3. The number of rotatable bonds is 5. The minimum atomic E-state index is -0.207. The van der Waals surface area contributed by atoms with E-state index in [0.717, 1.165) is 16.3 Å². The summed E-state index contributed by atoms with van der Waals surface area (Å²) in [6.07, 6.45) is 3.33. The summed E-state index contributed by atoms with van der Waals surface area (Å²) in [5.41, 5.74) is 1.26. The number of pyridine rings is 1. The molecule has 0 aliphatic heterocycles. The number of nitrogens with one attached hydrogen (secondary N) is 1. The minimum Gasteiger partial charge on any atom is -0.321 e. The number of halogens is 1. The summed E-state index contributed by atoms with van der Waals surface area (Å²) >= 11 is 7.40. The van der Waals surface area contributed by atoms with E-state index in [-0.39, 0.29) is 5.91 Å². The zero-order valence-electron chi connectivity index (χ0n) is 10.7. The standard InChI is InChI=1S/C15H13ClN2OS/c1-2-9-20-13-6-4-3-5-12(13)18-15(19)11-7-8-17-14(16)10-11/h2-8,10H,1,9H2,(H,18,19). The monoisotopic (exact) mass is 304 g/mol. The fourth-order valence-electron chi connectivity index (χ4n) is 1.58. The highest BCUT2D eigenvalue weighted by Gasteiger charge is 2.09. The lowest BCUT2D eigenvalue weighted by Crippen LogP contribution is -2.12. The molecule has 1 aromatic carbocycles. The van der Waals surface area contributed by atoms with Crippen LogP contribution in [-0.2, 0) is 0 Å². The van der Waals surface area contributed by atoms with E-state index < -0.39 is 0 Å². The molecule has 2 aromatic rings. The maximum atomic E-state index is 12.2. The van der Waals surface area contributed by atoms with Crippen molar-refractivity contribution in [1.82, 2.24) is 4.98 Å². The van der Waals surface area contributed by atoms with Gasteiger partial charge in [0.05, 0.1) is 5.69 Å². The summed E-state index contributed by atoms with van der Waals surface area (Å²) in [5, 5.41) is 3.18. The van der Waals surface area contributed by atoms with Gasteiger partial charge in [-0.05, 0) is 24.3 Å². The maximum Gasteiger partial charge on any atom is 0.255 e. The lowest BCUT2D eigenvalue weighted by atomic mass is 10.2. The van der Waals surface area contributed by atoms with Crippen molar-refractivity contribution >= 4 is 35.0 Å². The zero-order chi connectivity index (χ0) is 14.4. The summed E-state index contributed by atoms with van der Waals surface area (Å²) in [5.74, 6) is 0.578. The first kappa shape index (κ1) is 14.6. The van der Waals surface area contributed by atoms with E-state index in [9.17, 15) is 4.79 Å². The molecule has 102 valence electrons. The van der Waals surface area contributed by atoms with Crippen molar-refractivity contribution in [3.05, 3.63) is 66.0 Å². The number of aromatic nitrogens is 1. The summed E-state index contributed by atoms with van der Waals surface area (Å²) in [6, 6.07) is 10.8. The smallest absolute Gasteiger partial charge is 0.255 e. The fraction of sp³-hybridized carbons (Fsp3) is 0.0667. The molecule has 0 fully saturated rings. The molecule has 2 rings (SSSR count). The Bertz CT molecular complexity index is 631. The third-order valence-corrected chi connectivity index (χ3v) is 3.76. The van der Waals surface area contributed by atoms with Crippen LogP contribution in [0, 0.1) is 0 Å². The molecular weight excluding hydrogens is 292 g/mol.